The van der Waals surface area contributed by atoms with Crippen LogP contribution in [0.25, 0.3) is 0 Å². The molecule has 0 saturated carbocycles. The Morgan fingerprint density at radius 3 is 2.61 bits per heavy atom. The molecule has 6 heteroatoms. The van der Waals surface area contributed by atoms with Gasteiger partial charge in [-0.15, -0.1) is 0 Å². The summed E-state index contributed by atoms with van der Waals surface area (Å²) in [7, 11) is 0. The first-order valence-electron chi connectivity index (χ1n) is 4.94. The number of hydrogen-bond acceptors (Lipinski definition) is 2. The number of nitrogens with zero attached hydrogens (tertiary/aromatic N) is 1. The second-order valence-corrected chi connectivity index (χ2v) is 5.21. The fourth-order valence-electron chi connectivity index (χ4n) is 1.31. The van der Waals surface area contributed by atoms with E-state index in [1.54, 1.807) is 18.2 Å². The van der Waals surface area contributed by atoms with E-state index in [0.717, 1.165) is 10.7 Å². The molecule has 0 unspecified atom stereocenters. The lowest BCUT2D eigenvalue weighted by Gasteiger charge is -2.06. The standard InChI is InChI=1S/C12H7Br2FN2O/c13-7-1-3-9(10(14)5-7)12(18)17-11-4-2-8(15)6-16-11/h1-6H,(H,16,17,18). The molecule has 3 nitrogen and oxygen atoms in total. The number of pyridine rings is 1. The summed E-state index contributed by atoms with van der Waals surface area (Å²) in [5.41, 5.74) is 0.476. The van der Waals surface area contributed by atoms with Gasteiger partial charge in [-0.25, -0.2) is 9.37 Å². The predicted molar refractivity (Wildman–Crippen MR) is 74.0 cm³/mol. The van der Waals surface area contributed by atoms with E-state index in [9.17, 15) is 9.18 Å². The second kappa shape index (κ2) is 5.58. The van der Waals surface area contributed by atoms with Crippen molar-refractivity contribution in [2.45, 2.75) is 0 Å². The van der Waals surface area contributed by atoms with Crippen molar-refractivity contribution in [3.63, 3.8) is 0 Å². The number of carbonyl (C=O) groups is 1. The molecular weight excluding hydrogens is 367 g/mol. The van der Waals surface area contributed by atoms with E-state index >= 15 is 0 Å². The summed E-state index contributed by atoms with van der Waals surface area (Å²) in [6, 6.07) is 7.84. The fourth-order valence-corrected chi connectivity index (χ4v) is 2.53. The van der Waals surface area contributed by atoms with Crippen molar-refractivity contribution in [3.05, 3.63) is 56.9 Å². The molecule has 0 aliphatic rings. The van der Waals surface area contributed by atoms with Gasteiger partial charge in [-0.1, -0.05) is 15.9 Å². The molecule has 1 aromatic heterocycles. The number of aromatic nitrogens is 1. The Morgan fingerprint density at radius 1 is 1.22 bits per heavy atom. The van der Waals surface area contributed by atoms with Crippen LogP contribution in [0.4, 0.5) is 10.2 Å². The van der Waals surface area contributed by atoms with Gasteiger partial charge in [0.05, 0.1) is 11.8 Å². The van der Waals surface area contributed by atoms with Gasteiger partial charge in [-0.05, 0) is 46.3 Å². The number of carbonyl (C=O) groups excluding carboxylic acids is 1. The van der Waals surface area contributed by atoms with E-state index in [2.05, 4.69) is 42.2 Å². The normalized spacial score (nSPS) is 10.2. The van der Waals surface area contributed by atoms with Crippen LogP contribution >= 0.6 is 31.9 Å². The van der Waals surface area contributed by atoms with Crippen molar-refractivity contribution in [2.75, 3.05) is 5.32 Å². The summed E-state index contributed by atoms with van der Waals surface area (Å²) in [6.07, 6.45) is 1.05. The molecule has 0 aliphatic heterocycles. The molecule has 2 aromatic rings. The highest BCUT2D eigenvalue weighted by atomic mass is 79.9. The summed E-state index contributed by atoms with van der Waals surface area (Å²) in [5.74, 6) is -0.456. The molecule has 0 radical (unpaired) electrons. The van der Waals surface area contributed by atoms with E-state index in [-0.39, 0.29) is 5.91 Å². The lowest BCUT2D eigenvalue weighted by atomic mass is 10.2. The van der Waals surface area contributed by atoms with Crippen molar-refractivity contribution in [2.24, 2.45) is 0 Å². The van der Waals surface area contributed by atoms with Crippen molar-refractivity contribution in [1.29, 1.82) is 0 Å². The largest absolute Gasteiger partial charge is 0.307 e. The number of halogens is 3. The first-order valence-corrected chi connectivity index (χ1v) is 6.53. The van der Waals surface area contributed by atoms with Crippen molar-refractivity contribution in [1.82, 2.24) is 4.98 Å². The average Bonchev–Trinajstić information content (AvgIpc) is 2.32. The molecular formula is C12H7Br2FN2O. The quantitative estimate of drug-likeness (QED) is 0.864. The van der Waals surface area contributed by atoms with Gasteiger partial charge >= 0.3 is 0 Å². The van der Waals surface area contributed by atoms with Crippen LogP contribution < -0.4 is 5.32 Å². The Kier molecular flexibility index (Phi) is 4.08. The maximum atomic E-state index is 12.7. The number of anilines is 1. The third-order valence-corrected chi connectivity index (χ3v) is 3.29. The second-order valence-electron chi connectivity index (χ2n) is 3.44. The molecule has 1 aromatic carbocycles. The Labute approximate surface area is 120 Å². The molecule has 2 rings (SSSR count). The highest BCUT2D eigenvalue weighted by Crippen LogP contribution is 2.22. The van der Waals surface area contributed by atoms with Gasteiger partial charge in [-0.2, -0.15) is 0 Å². The summed E-state index contributed by atoms with van der Waals surface area (Å²) in [4.78, 5) is 15.7. The minimum atomic E-state index is -0.446. The van der Waals surface area contributed by atoms with Gasteiger partial charge in [0, 0.05) is 8.95 Å². The first kappa shape index (κ1) is 13.2. The zero-order valence-corrected chi connectivity index (χ0v) is 12.1. The zero-order chi connectivity index (χ0) is 13.1. The Balaban J connectivity index is 2.19. The van der Waals surface area contributed by atoms with Crippen LogP contribution in [0.5, 0.6) is 0 Å². The Morgan fingerprint density at radius 2 is 2.00 bits per heavy atom. The number of benzene rings is 1. The monoisotopic (exact) mass is 372 g/mol. The molecule has 0 bridgehead atoms. The first-order chi connectivity index (χ1) is 8.56. The summed E-state index contributed by atoms with van der Waals surface area (Å²) in [5, 5.41) is 2.58. The molecule has 0 atom stereocenters. The molecule has 1 N–H and O–H groups in total. The van der Waals surface area contributed by atoms with Gasteiger partial charge in [0.15, 0.2) is 0 Å². The van der Waals surface area contributed by atoms with Gasteiger partial charge in [-0.3, -0.25) is 4.79 Å². The molecule has 0 aliphatic carbocycles. The van der Waals surface area contributed by atoms with E-state index in [4.69, 9.17) is 0 Å². The number of rotatable bonds is 2. The number of hydrogen-bond donors (Lipinski definition) is 1. The lowest BCUT2D eigenvalue weighted by Crippen LogP contribution is -2.13. The lowest BCUT2D eigenvalue weighted by molar-refractivity contribution is 0.102. The topological polar surface area (TPSA) is 42.0 Å². The van der Waals surface area contributed by atoms with Gasteiger partial charge in [0.1, 0.15) is 11.6 Å². The average molecular weight is 374 g/mol. The highest BCUT2D eigenvalue weighted by molar-refractivity contribution is 9.11. The van der Waals surface area contributed by atoms with Crippen LogP contribution in [0.15, 0.2) is 45.5 Å². The van der Waals surface area contributed by atoms with Crippen LogP contribution in [0, 0.1) is 5.82 Å². The van der Waals surface area contributed by atoms with E-state index in [0.29, 0.717) is 15.9 Å². The predicted octanol–water partition coefficient (Wildman–Crippen LogP) is 4.00. The summed E-state index contributed by atoms with van der Waals surface area (Å²) < 4.78 is 14.2. The van der Waals surface area contributed by atoms with E-state index < -0.39 is 5.82 Å². The zero-order valence-electron chi connectivity index (χ0n) is 8.95. The Bertz CT molecular complexity index is 587. The number of amides is 1. The van der Waals surface area contributed by atoms with Gasteiger partial charge < -0.3 is 5.32 Å². The smallest absolute Gasteiger partial charge is 0.257 e. The minimum Gasteiger partial charge on any atom is -0.307 e. The molecule has 92 valence electrons. The molecule has 0 spiro atoms. The van der Waals surface area contributed by atoms with Gasteiger partial charge in [0.25, 0.3) is 5.91 Å². The molecule has 1 heterocycles. The molecule has 1 amide bonds. The fraction of sp³-hybridized carbons (Fsp3) is 0. The minimum absolute atomic E-state index is 0.302. The number of nitrogens with one attached hydrogen (secondary N) is 1. The van der Waals surface area contributed by atoms with Crippen LogP contribution in [-0.2, 0) is 0 Å². The van der Waals surface area contributed by atoms with Crippen molar-refractivity contribution in [3.8, 4) is 0 Å². The SMILES string of the molecule is O=C(Nc1ccc(F)cn1)c1ccc(Br)cc1Br. The van der Waals surface area contributed by atoms with E-state index in [1.807, 2.05) is 0 Å². The molecule has 0 saturated heterocycles. The van der Waals surface area contributed by atoms with Crippen LogP contribution in [-0.4, -0.2) is 10.9 Å². The summed E-state index contributed by atoms with van der Waals surface area (Å²) >= 11 is 6.61. The third-order valence-electron chi connectivity index (χ3n) is 2.14. The van der Waals surface area contributed by atoms with Crippen LogP contribution in [0.2, 0.25) is 0 Å². The molecule has 18 heavy (non-hydrogen) atoms. The highest BCUT2D eigenvalue weighted by Gasteiger charge is 2.10. The van der Waals surface area contributed by atoms with Gasteiger partial charge in [0.2, 0.25) is 0 Å². The summed E-state index contributed by atoms with van der Waals surface area (Å²) in [6.45, 7) is 0. The maximum Gasteiger partial charge on any atom is 0.257 e. The molecule has 0 fully saturated rings. The van der Waals surface area contributed by atoms with Crippen molar-refractivity contribution >= 4 is 43.6 Å². The maximum absolute atomic E-state index is 12.7. The van der Waals surface area contributed by atoms with E-state index in [1.165, 1.54) is 12.1 Å². The van der Waals surface area contributed by atoms with Crippen LogP contribution in [0.1, 0.15) is 10.4 Å². The van der Waals surface area contributed by atoms with Crippen LogP contribution in [0.3, 0.4) is 0 Å². The Hall–Kier alpha value is -1.27. The van der Waals surface area contributed by atoms with Crippen molar-refractivity contribution < 1.29 is 9.18 Å². The third kappa shape index (κ3) is 3.14.